The molecule has 0 aromatic heterocycles. The minimum Gasteiger partial charge on any atom is -0.326 e. The van der Waals surface area contributed by atoms with Crippen LogP contribution in [0.2, 0.25) is 0 Å². The quantitative estimate of drug-likeness (QED) is 0.758. The molecule has 2 amide bonds. The Hall–Kier alpha value is -1.18. The molecule has 128 valence electrons. The molecule has 0 radical (unpaired) electrons. The number of benzene rings is 1. The van der Waals surface area contributed by atoms with Gasteiger partial charge in [0, 0.05) is 36.8 Å². The van der Waals surface area contributed by atoms with Crippen LogP contribution in [0.5, 0.6) is 0 Å². The third kappa shape index (κ3) is 2.82. The monoisotopic (exact) mass is 363 g/mol. The summed E-state index contributed by atoms with van der Waals surface area (Å²) < 4.78 is 0. The maximum absolute atomic E-state index is 12.8. The van der Waals surface area contributed by atoms with Crippen molar-refractivity contribution in [2.24, 2.45) is 0 Å². The SMILES string of the molecule is CSc1cccc(CN2CCN3C(=O)[C@@H]4CSCN4C(=O)[C@H]3C2)c1. The molecule has 2 atom stereocenters. The van der Waals surface area contributed by atoms with Gasteiger partial charge in [-0.3, -0.25) is 14.5 Å². The van der Waals surface area contributed by atoms with Crippen LogP contribution in [0, 0.1) is 0 Å². The van der Waals surface area contributed by atoms with Crippen molar-refractivity contribution in [1.29, 1.82) is 0 Å². The van der Waals surface area contributed by atoms with Gasteiger partial charge in [-0.05, 0) is 24.0 Å². The molecule has 4 rings (SSSR count). The fourth-order valence-electron chi connectivity index (χ4n) is 3.73. The van der Waals surface area contributed by atoms with Crippen LogP contribution in [0.15, 0.2) is 29.2 Å². The molecular weight excluding hydrogens is 342 g/mol. The van der Waals surface area contributed by atoms with Crippen molar-refractivity contribution >= 4 is 35.3 Å². The highest BCUT2D eigenvalue weighted by molar-refractivity contribution is 7.99. The first-order valence-corrected chi connectivity index (χ1v) is 10.6. The van der Waals surface area contributed by atoms with E-state index in [0.717, 1.165) is 18.8 Å². The third-order valence-corrected chi connectivity index (χ3v) is 6.76. The van der Waals surface area contributed by atoms with Crippen molar-refractivity contribution in [3.8, 4) is 0 Å². The summed E-state index contributed by atoms with van der Waals surface area (Å²) in [6.07, 6.45) is 2.08. The van der Waals surface area contributed by atoms with E-state index in [9.17, 15) is 9.59 Å². The molecule has 3 aliphatic rings. The second-order valence-electron chi connectivity index (χ2n) is 6.46. The highest BCUT2D eigenvalue weighted by Crippen LogP contribution is 2.30. The van der Waals surface area contributed by atoms with Crippen LogP contribution in [0.25, 0.3) is 0 Å². The summed E-state index contributed by atoms with van der Waals surface area (Å²) in [6, 6.07) is 8.01. The predicted molar refractivity (Wildman–Crippen MR) is 97.0 cm³/mol. The van der Waals surface area contributed by atoms with E-state index in [4.69, 9.17) is 0 Å². The summed E-state index contributed by atoms with van der Waals surface area (Å²) in [5.41, 5.74) is 1.26. The van der Waals surface area contributed by atoms with Gasteiger partial charge in [0.05, 0.1) is 5.88 Å². The highest BCUT2D eigenvalue weighted by Gasteiger charge is 2.49. The zero-order valence-electron chi connectivity index (χ0n) is 13.7. The summed E-state index contributed by atoms with van der Waals surface area (Å²) in [7, 11) is 0. The van der Waals surface area contributed by atoms with Gasteiger partial charge in [-0.1, -0.05) is 12.1 Å². The summed E-state index contributed by atoms with van der Waals surface area (Å²) in [4.78, 5) is 32.6. The number of carbonyl (C=O) groups is 2. The number of thioether (sulfide) groups is 2. The molecule has 0 unspecified atom stereocenters. The Morgan fingerprint density at radius 1 is 1.17 bits per heavy atom. The summed E-state index contributed by atoms with van der Waals surface area (Å²) in [6.45, 7) is 2.96. The van der Waals surface area contributed by atoms with E-state index >= 15 is 0 Å². The van der Waals surface area contributed by atoms with Gasteiger partial charge in [0.2, 0.25) is 11.8 Å². The minimum absolute atomic E-state index is 0.132. The van der Waals surface area contributed by atoms with Crippen LogP contribution >= 0.6 is 23.5 Å². The molecule has 3 heterocycles. The lowest BCUT2D eigenvalue weighted by molar-refractivity contribution is -0.162. The second kappa shape index (κ2) is 6.61. The molecule has 0 bridgehead atoms. The van der Waals surface area contributed by atoms with Gasteiger partial charge in [0.1, 0.15) is 12.1 Å². The third-order valence-electron chi connectivity index (χ3n) is 5.02. The van der Waals surface area contributed by atoms with Gasteiger partial charge in [-0.15, -0.1) is 23.5 Å². The van der Waals surface area contributed by atoms with Gasteiger partial charge >= 0.3 is 0 Å². The number of rotatable bonds is 3. The zero-order valence-corrected chi connectivity index (χ0v) is 15.3. The van der Waals surface area contributed by atoms with Crippen molar-refractivity contribution in [2.75, 3.05) is 37.5 Å². The zero-order chi connectivity index (χ0) is 16.7. The van der Waals surface area contributed by atoms with E-state index in [2.05, 4.69) is 35.4 Å². The molecule has 0 aliphatic carbocycles. The van der Waals surface area contributed by atoms with Crippen molar-refractivity contribution in [2.45, 2.75) is 23.5 Å². The molecule has 24 heavy (non-hydrogen) atoms. The minimum atomic E-state index is -0.301. The Labute approximate surface area is 150 Å². The molecule has 1 aromatic rings. The molecular formula is C17H21N3O2S2. The summed E-state index contributed by atoms with van der Waals surface area (Å²) in [5, 5.41) is 0. The van der Waals surface area contributed by atoms with Gasteiger partial charge in [-0.25, -0.2) is 0 Å². The first kappa shape index (κ1) is 16.3. The molecule has 3 fully saturated rings. The normalized spacial score (nSPS) is 27.4. The smallest absolute Gasteiger partial charge is 0.248 e. The Morgan fingerprint density at radius 3 is 2.83 bits per heavy atom. The Morgan fingerprint density at radius 2 is 2.00 bits per heavy atom. The van der Waals surface area contributed by atoms with Crippen molar-refractivity contribution in [3.05, 3.63) is 29.8 Å². The fraction of sp³-hybridized carbons (Fsp3) is 0.529. The van der Waals surface area contributed by atoms with E-state index in [-0.39, 0.29) is 23.9 Å². The lowest BCUT2D eigenvalue weighted by Crippen LogP contribution is -2.69. The van der Waals surface area contributed by atoms with E-state index < -0.39 is 0 Å². The van der Waals surface area contributed by atoms with Crippen LogP contribution in [0.4, 0.5) is 0 Å². The maximum atomic E-state index is 12.8. The second-order valence-corrected chi connectivity index (χ2v) is 8.34. The van der Waals surface area contributed by atoms with Crippen LogP contribution in [0.1, 0.15) is 5.56 Å². The first-order valence-electron chi connectivity index (χ1n) is 8.21. The van der Waals surface area contributed by atoms with E-state index in [1.807, 2.05) is 4.90 Å². The molecule has 7 heteroatoms. The van der Waals surface area contributed by atoms with E-state index in [0.29, 0.717) is 19.0 Å². The van der Waals surface area contributed by atoms with Crippen molar-refractivity contribution < 1.29 is 9.59 Å². The van der Waals surface area contributed by atoms with Crippen LogP contribution in [0.3, 0.4) is 0 Å². The number of fused-ring (bicyclic) bond motifs is 2. The van der Waals surface area contributed by atoms with E-state index in [1.54, 1.807) is 28.4 Å². The number of nitrogens with zero attached hydrogens (tertiary/aromatic N) is 3. The average Bonchev–Trinajstić information content (AvgIpc) is 3.10. The number of hydrogen-bond donors (Lipinski definition) is 0. The highest BCUT2D eigenvalue weighted by atomic mass is 32.2. The van der Waals surface area contributed by atoms with E-state index in [1.165, 1.54) is 10.5 Å². The van der Waals surface area contributed by atoms with Crippen molar-refractivity contribution in [1.82, 2.24) is 14.7 Å². The molecule has 3 saturated heterocycles. The van der Waals surface area contributed by atoms with Crippen LogP contribution in [-0.2, 0) is 16.1 Å². The molecule has 0 N–H and O–H groups in total. The number of hydrogen-bond acceptors (Lipinski definition) is 5. The fourth-order valence-corrected chi connectivity index (χ4v) is 5.37. The first-order chi connectivity index (χ1) is 11.7. The predicted octanol–water partition coefficient (Wildman–Crippen LogP) is 1.34. The molecule has 3 aliphatic heterocycles. The molecule has 0 saturated carbocycles. The Balaban J connectivity index is 1.48. The standard InChI is InChI=1S/C17H21N3O2S2/c1-23-13-4-2-3-12(7-13)8-18-5-6-19-14(9-18)16(21)20-11-24-10-15(20)17(19)22/h2-4,7,14-15H,5-6,8-11H2,1H3/t14-,15+/m1/s1. The summed E-state index contributed by atoms with van der Waals surface area (Å²) in [5.74, 6) is 1.69. The Kier molecular flexibility index (Phi) is 4.49. The lowest BCUT2D eigenvalue weighted by atomic mass is 10.0. The summed E-state index contributed by atoms with van der Waals surface area (Å²) >= 11 is 3.42. The molecule has 0 spiro atoms. The van der Waals surface area contributed by atoms with Gasteiger partial charge in [0.25, 0.3) is 0 Å². The van der Waals surface area contributed by atoms with Gasteiger partial charge < -0.3 is 9.80 Å². The lowest BCUT2D eigenvalue weighted by Gasteiger charge is -2.47. The molecule has 5 nitrogen and oxygen atoms in total. The van der Waals surface area contributed by atoms with Gasteiger partial charge in [-0.2, -0.15) is 0 Å². The number of piperazine rings is 2. The van der Waals surface area contributed by atoms with Crippen LogP contribution in [-0.4, -0.2) is 76.1 Å². The van der Waals surface area contributed by atoms with Crippen LogP contribution < -0.4 is 0 Å². The topological polar surface area (TPSA) is 43.9 Å². The Bertz CT molecular complexity index is 669. The average molecular weight is 364 g/mol. The number of carbonyl (C=O) groups excluding carboxylic acids is 2. The maximum Gasteiger partial charge on any atom is 0.248 e. The largest absolute Gasteiger partial charge is 0.326 e. The molecule has 1 aromatic carbocycles. The van der Waals surface area contributed by atoms with Gasteiger partial charge in [0.15, 0.2) is 0 Å². The number of amides is 2. The van der Waals surface area contributed by atoms with Crippen molar-refractivity contribution in [3.63, 3.8) is 0 Å².